The number of ether oxygens (including phenoxy) is 1. The van der Waals surface area contributed by atoms with Gasteiger partial charge in [0.05, 0.1) is 29.2 Å². The lowest BCUT2D eigenvalue weighted by atomic mass is 9.99. The molecule has 0 aliphatic carbocycles. The van der Waals surface area contributed by atoms with Gasteiger partial charge in [-0.1, -0.05) is 18.2 Å². The highest BCUT2D eigenvalue weighted by Gasteiger charge is 2.41. The largest absolute Gasteiger partial charge is 0.465 e. The number of benzene rings is 2. The highest BCUT2D eigenvalue weighted by atomic mass is 32.2. The molecule has 3 rings (SSSR count). The summed E-state index contributed by atoms with van der Waals surface area (Å²) < 4.78 is 72.0. The van der Waals surface area contributed by atoms with Gasteiger partial charge >= 0.3 is 12.1 Å². The Balaban J connectivity index is 1.98. The number of sulfonamides is 1. The molecule has 2 aromatic carbocycles. The lowest BCUT2D eigenvalue weighted by molar-refractivity contribution is -0.138. The maximum Gasteiger partial charge on any atom is 0.416 e. The van der Waals surface area contributed by atoms with Crippen LogP contribution in [-0.2, 0) is 20.9 Å². The molecule has 1 fully saturated rings. The number of hydrogen-bond acceptors (Lipinski definition) is 4. The van der Waals surface area contributed by atoms with Crippen LogP contribution >= 0.6 is 0 Å². The van der Waals surface area contributed by atoms with Crippen LogP contribution in [0.4, 0.5) is 13.2 Å². The minimum Gasteiger partial charge on any atom is -0.465 e. The third-order valence-electron chi connectivity index (χ3n) is 4.71. The zero-order valence-electron chi connectivity index (χ0n) is 14.9. The summed E-state index contributed by atoms with van der Waals surface area (Å²) >= 11 is 0. The van der Waals surface area contributed by atoms with E-state index < -0.39 is 33.8 Å². The van der Waals surface area contributed by atoms with E-state index in [4.69, 9.17) is 0 Å². The molecule has 0 radical (unpaired) electrons. The average molecular weight is 413 g/mol. The molecule has 1 saturated heterocycles. The highest BCUT2D eigenvalue weighted by molar-refractivity contribution is 7.89. The molecule has 1 heterocycles. The number of methoxy groups -OCH3 is 1. The monoisotopic (exact) mass is 413 g/mol. The molecule has 9 heteroatoms. The van der Waals surface area contributed by atoms with E-state index in [0.29, 0.717) is 12.8 Å². The number of carbonyl (C=O) groups is 1. The summed E-state index contributed by atoms with van der Waals surface area (Å²) in [5.41, 5.74) is -0.702. The first kappa shape index (κ1) is 20.3. The third kappa shape index (κ3) is 3.77. The minimum atomic E-state index is -4.57. The SMILES string of the molecule is COC(=O)c1ccc(S(=O)(=O)N2CCCC2c2ccccc2C(F)(F)F)cc1. The van der Waals surface area contributed by atoms with Crippen LogP contribution in [0.1, 0.15) is 40.4 Å². The molecule has 0 amide bonds. The maximum atomic E-state index is 13.4. The summed E-state index contributed by atoms with van der Waals surface area (Å²) in [6.07, 6.45) is -3.82. The minimum absolute atomic E-state index is 0.0535. The summed E-state index contributed by atoms with van der Waals surface area (Å²) in [7, 11) is -2.83. The molecule has 0 aromatic heterocycles. The molecule has 0 bridgehead atoms. The Bertz CT molecular complexity index is 971. The van der Waals surface area contributed by atoms with Crippen LogP contribution in [0.2, 0.25) is 0 Å². The fourth-order valence-electron chi connectivity index (χ4n) is 3.40. The topological polar surface area (TPSA) is 63.7 Å². The van der Waals surface area contributed by atoms with Crippen molar-refractivity contribution in [2.75, 3.05) is 13.7 Å². The van der Waals surface area contributed by atoms with E-state index in [9.17, 15) is 26.4 Å². The summed E-state index contributed by atoms with van der Waals surface area (Å²) in [5.74, 6) is -0.609. The first-order valence-corrected chi connectivity index (χ1v) is 9.96. The molecule has 2 aromatic rings. The lowest BCUT2D eigenvalue weighted by Gasteiger charge is -2.26. The van der Waals surface area contributed by atoms with E-state index in [0.717, 1.165) is 10.4 Å². The molecule has 0 spiro atoms. The standard InChI is InChI=1S/C19H18F3NO4S/c1-27-18(24)13-8-10-14(11-9-13)28(25,26)23-12-4-7-17(23)15-5-2-3-6-16(15)19(20,21)22/h2-3,5-6,8-11,17H,4,7,12H2,1H3. The van der Waals surface area contributed by atoms with Crippen molar-refractivity contribution in [1.82, 2.24) is 4.31 Å². The van der Waals surface area contributed by atoms with Gasteiger partial charge < -0.3 is 4.74 Å². The van der Waals surface area contributed by atoms with Crippen molar-refractivity contribution in [1.29, 1.82) is 0 Å². The molecule has 28 heavy (non-hydrogen) atoms. The Morgan fingerprint density at radius 2 is 1.75 bits per heavy atom. The molecule has 150 valence electrons. The lowest BCUT2D eigenvalue weighted by Crippen LogP contribution is -2.31. The summed E-state index contributed by atoms with van der Waals surface area (Å²) in [6.45, 7) is 0.123. The molecule has 0 saturated carbocycles. The van der Waals surface area contributed by atoms with Crippen LogP contribution in [0.5, 0.6) is 0 Å². The smallest absolute Gasteiger partial charge is 0.416 e. The van der Waals surface area contributed by atoms with Gasteiger partial charge in [0, 0.05) is 6.54 Å². The number of halogens is 3. The number of rotatable bonds is 4. The molecule has 5 nitrogen and oxygen atoms in total. The van der Waals surface area contributed by atoms with Crippen molar-refractivity contribution in [2.24, 2.45) is 0 Å². The first-order valence-electron chi connectivity index (χ1n) is 8.52. The van der Waals surface area contributed by atoms with Gasteiger partial charge in [-0.05, 0) is 48.7 Å². The second-order valence-corrected chi connectivity index (χ2v) is 8.27. The van der Waals surface area contributed by atoms with Crippen molar-refractivity contribution < 1.29 is 31.1 Å². The Morgan fingerprint density at radius 3 is 2.36 bits per heavy atom. The average Bonchev–Trinajstić information content (AvgIpc) is 3.17. The third-order valence-corrected chi connectivity index (χ3v) is 6.63. The Labute approximate surface area is 160 Å². The fraction of sp³-hybridized carbons (Fsp3) is 0.316. The Morgan fingerprint density at radius 1 is 1.11 bits per heavy atom. The van der Waals surface area contributed by atoms with Gasteiger partial charge in [-0.25, -0.2) is 13.2 Å². The highest BCUT2D eigenvalue weighted by Crippen LogP contribution is 2.42. The van der Waals surface area contributed by atoms with Crippen molar-refractivity contribution in [3.8, 4) is 0 Å². The maximum absolute atomic E-state index is 13.4. The number of hydrogen-bond donors (Lipinski definition) is 0. The normalized spacial score (nSPS) is 18.2. The van der Waals surface area contributed by atoms with Gasteiger partial charge in [0.1, 0.15) is 0 Å². The van der Waals surface area contributed by atoms with Gasteiger partial charge in [0.15, 0.2) is 0 Å². The number of carbonyl (C=O) groups excluding carboxylic acids is 1. The van der Waals surface area contributed by atoms with Gasteiger partial charge in [-0.3, -0.25) is 0 Å². The van der Waals surface area contributed by atoms with Crippen molar-refractivity contribution in [3.63, 3.8) is 0 Å². The van der Waals surface area contributed by atoms with Crippen molar-refractivity contribution in [2.45, 2.75) is 30.0 Å². The van der Waals surface area contributed by atoms with Gasteiger partial charge in [0.25, 0.3) is 0 Å². The second-order valence-electron chi connectivity index (χ2n) is 6.37. The summed E-state index contributed by atoms with van der Waals surface area (Å²) in [6, 6.07) is 9.28. The van der Waals surface area contributed by atoms with Crippen LogP contribution < -0.4 is 0 Å². The quantitative estimate of drug-likeness (QED) is 0.711. The molecular formula is C19H18F3NO4S. The van der Waals surface area contributed by atoms with E-state index in [1.807, 2.05) is 0 Å². The number of esters is 1. The van der Waals surface area contributed by atoms with E-state index in [1.165, 1.54) is 49.6 Å². The van der Waals surface area contributed by atoms with Crippen LogP contribution in [0.15, 0.2) is 53.4 Å². The Kier molecular flexibility index (Phi) is 5.49. The predicted octanol–water partition coefficient (Wildman–Crippen LogP) is 4.02. The van der Waals surface area contributed by atoms with E-state index in [1.54, 1.807) is 0 Å². The summed E-state index contributed by atoms with van der Waals surface area (Å²) in [4.78, 5) is 11.4. The predicted molar refractivity (Wildman–Crippen MR) is 95.1 cm³/mol. The van der Waals surface area contributed by atoms with Gasteiger partial charge in [-0.2, -0.15) is 17.5 Å². The zero-order chi connectivity index (χ0) is 20.5. The first-order chi connectivity index (χ1) is 13.2. The molecule has 0 N–H and O–H groups in total. The molecule has 1 atom stereocenters. The van der Waals surface area contributed by atoms with E-state index in [-0.39, 0.29) is 22.6 Å². The summed E-state index contributed by atoms with van der Waals surface area (Å²) in [5, 5.41) is 0. The van der Waals surface area contributed by atoms with Crippen LogP contribution in [0.3, 0.4) is 0 Å². The molecule has 1 aliphatic rings. The van der Waals surface area contributed by atoms with Crippen molar-refractivity contribution in [3.05, 3.63) is 65.2 Å². The molecule has 1 aliphatic heterocycles. The van der Waals surface area contributed by atoms with E-state index >= 15 is 0 Å². The second kappa shape index (κ2) is 7.56. The zero-order valence-corrected chi connectivity index (χ0v) is 15.8. The van der Waals surface area contributed by atoms with Gasteiger partial charge in [0.2, 0.25) is 10.0 Å². The molecule has 1 unspecified atom stereocenters. The number of nitrogens with zero attached hydrogens (tertiary/aromatic N) is 1. The van der Waals surface area contributed by atoms with Crippen LogP contribution in [-0.4, -0.2) is 32.3 Å². The van der Waals surface area contributed by atoms with Crippen LogP contribution in [0, 0.1) is 0 Å². The fourth-order valence-corrected chi connectivity index (χ4v) is 5.07. The molecular weight excluding hydrogens is 395 g/mol. The van der Waals surface area contributed by atoms with Crippen LogP contribution in [0.25, 0.3) is 0 Å². The Hall–Kier alpha value is -2.39. The number of alkyl halides is 3. The van der Waals surface area contributed by atoms with Crippen molar-refractivity contribution >= 4 is 16.0 Å². The van der Waals surface area contributed by atoms with E-state index in [2.05, 4.69) is 4.74 Å². The van der Waals surface area contributed by atoms with Gasteiger partial charge in [-0.15, -0.1) is 0 Å².